The maximum atomic E-state index is 11.9. The van der Waals surface area contributed by atoms with E-state index in [0.29, 0.717) is 6.42 Å². The first kappa shape index (κ1) is 14.5. The lowest BCUT2D eigenvalue weighted by atomic mass is 10.2. The number of amides is 1. The molecule has 0 aromatic carbocycles. The summed E-state index contributed by atoms with van der Waals surface area (Å²) in [7, 11) is 0. The third-order valence-corrected chi connectivity index (χ3v) is 2.66. The van der Waals surface area contributed by atoms with Crippen LogP contribution in [0.2, 0.25) is 0 Å². The van der Waals surface area contributed by atoms with Crippen LogP contribution in [-0.2, 0) is 14.3 Å². The molecule has 5 nitrogen and oxygen atoms in total. The average Bonchev–Trinajstić information content (AvgIpc) is 2.90. The average molecular weight is 255 g/mol. The summed E-state index contributed by atoms with van der Waals surface area (Å²) in [6, 6.07) is 0. The zero-order valence-electron chi connectivity index (χ0n) is 11.4. The smallest absolute Gasteiger partial charge is 0.408 e. The molecule has 1 saturated carbocycles. The molecule has 1 fully saturated rings. The van der Waals surface area contributed by atoms with Gasteiger partial charge in [0.05, 0.1) is 6.61 Å². The molecule has 5 heteroatoms. The fourth-order valence-electron chi connectivity index (χ4n) is 1.75. The summed E-state index contributed by atoms with van der Waals surface area (Å²) < 4.78 is 10.1. The van der Waals surface area contributed by atoms with Gasteiger partial charge in [0.25, 0.3) is 0 Å². The molecule has 1 aliphatic rings. The maximum absolute atomic E-state index is 11.9. The van der Waals surface area contributed by atoms with Crippen LogP contribution in [0.4, 0.5) is 4.79 Å². The van der Waals surface area contributed by atoms with Crippen LogP contribution in [0.1, 0.15) is 34.1 Å². The Labute approximate surface area is 108 Å². The molecule has 1 aliphatic carbocycles. The van der Waals surface area contributed by atoms with Gasteiger partial charge in [-0.15, -0.1) is 6.58 Å². The van der Waals surface area contributed by atoms with Crippen molar-refractivity contribution in [3.63, 3.8) is 0 Å². The number of alkyl carbamates (subject to hydrolysis) is 1. The zero-order valence-corrected chi connectivity index (χ0v) is 11.4. The van der Waals surface area contributed by atoms with Crippen LogP contribution >= 0.6 is 0 Å². The van der Waals surface area contributed by atoms with Crippen molar-refractivity contribution in [2.75, 3.05) is 6.61 Å². The van der Waals surface area contributed by atoms with Crippen LogP contribution in [0.25, 0.3) is 0 Å². The van der Waals surface area contributed by atoms with Crippen LogP contribution in [0, 0.1) is 5.92 Å². The van der Waals surface area contributed by atoms with Crippen LogP contribution in [0.15, 0.2) is 12.7 Å². The van der Waals surface area contributed by atoms with E-state index in [1.807, 2.05) is 0 Å². The van der Waals surface area contributed by atoms with E-state index < -0.39 is 23.2 Å². The summed E-state index contributed by atoms with van der Waals surface area (Å²) in [6.07, 6.45) is 1.54. The third kappa shape index (κ3) is 3.24. The summed E-state index contributed by atoms with van der Waals surface area (Å²) in [6.45, 7) is 10.9. The number of nitrogens with one attached hydrogen (secondary N) is 1. The Morgan fingerprint density at radius 3 is 2.50 bits per heavy atom. The van der Waals surface area contributed by atoms with Crippen LogP contribution in [-0.4, -0.2) is 29.8 Å². The standard InChI is InChI=1S/C13H21NO4/c1-6-9-8-13(9,10(15)17-7-2)14-11(16)18-12(3,4)5/h6,9H,1,7-8H2,2-5H3,(H,14,16)/t9-,13?/m1/s1. The van der Waals surface area contributed by atoms with Crippen LogP contribution in [0.5, 0.6) is 0 Å². The van der Waals surface area contributed by atoms with E-state index >= 15 is 0 Å². The maximum Gasteiger partial charge on any atom is 0.408 e. The lowest BCUT2D eigenvalue weighted by Crippen LogP contribution is -2.47. The predicted molar refractivity (Wildman–Crippen MR) is 67.0 cm³/mol. The number of ether oxygens (including phenoxy) is 2. The molecule has 0 bridgehead atoms. The van der Waals surface area contributed by atoms with Gasteiger partial charge in [-0.05, 0) is 34.1 Å². The summed E-state index contributed by atoms with van der Waals surface area (Å²) in [5, 5.41) is 2.60. The van der Waals surface area contributed by atoms with Crippen molar-refractivity contribution in [2.45, 2.75) is 45.3 Å². The summed E-state index contributed by atoms with van der Waals surface area (Å²) in [4.78, 5) is 23.6. The molecule has 1 N–H and O–H groups in total. The van der Waals surface area contributed by atoms with Gasteiger partial charge in [0.2, 0.25) is 0 Å². The Morgan fingerprint density at radius 1 is 1.50 bits per heavy atom. The normalized spacial score (nSPS) is 26.1. The van der Waals surface area contributed by atoms with Crippen molar-refractivity contribution >= 4 is 12.1 Å². The van der Waals surface area contributed by atoms with Crippen molar-refractivity contribution in [3.05, 3.63) is 12.7 Å². The fraction of sp³-hybridized carbons (Fsp3) is 0.692. The minimum absolute atomic E-state index is 0.0935. The van der Waals surface area contributed by atoms with Crippen molar-refractivity contribution in [1.82, 2.24) is 5.32 Å². The molecule has 0 radical (unpaired) electrons. The molecule has 102 valence electrons. The molecule has 0 aliphatic heterocycles. The number of carbonyl (C=O) groups excluding carboxylic acids is 2. The van der Waals surface area contributed by atoms with E-state index in [1.165, 1.54) is 0 Å². The second-order valence-electron chi connectivity index (χ2n) is 5.37. The predicted octanol–water partition coefficient (Wildman–Crippen LogP) is 2.02. The van der Waals surface area contributed by atoms with Gasteiger partial charge in [-0.25, -0.2) is 9.59 Å². The first-order chi connectivity index (χ1) is 8.25. The van der Waals surface area contributed by atoms with Gasteiger partial charge in [0, 0.05) is 5.92 Å². The van der Waals surface area contributed by atoms with Crippen molar-refractivity contribution in [1.29, 1.82) is 0 Å². The van der Waals surface area contributed by atoms with Gasteiger partial charge in [0.1, 0.15) is 11.1 Å². The summed E-state index contributed by atoms with van der Waals surface area (Å²) in [5.74, 6) is -0.523. The molecular formula is C13H21NO4. The van der Waals surface area contributed by atoms with E-state index in [9.17, 15) is 9.59 Å². The Hall–Kier alpha value is -1.52. The van der Waals surface area contributed by atoms with E-state index in [4.69, 9.17) is 9.47 Å². The minimum Gasteiger partial charge on any atom is -0.464 e. The SMILES string of the molecule is C=C[C@@H]1CC1(NC(=O)OC(C)(C)C)C(=O)OCC. The number of hydrogen-bond donors (Lipinski definition) is 1. The van der Waals surface area contributed by atoms with Crippen molar-refractivity contribution in [2.24, 2.45) is 5.92 Å². The van der Waals surface area contributed by atoms with Crippen LogP contribution in [0.3, 0.4) is 0 Å². The van der Waals surface area contributed by atoms with Gasteiger partial charge in [-0.1, -0.05) is 6.08 Å². The van der Waals surface area contributed by atoms with Gasteiger partial charge in [-0.3, -0.25) is 0 Å². The molecule has 0 spiro atoms. The molecule has 0 saturated heterocycles. The summed E-state index contributed by atoms with van der Waals surface area (Å²) >= 11 is 0. The van der Waals surface area contributed by atoms with Gasteiger partial charge in [0.15, 0.2) is 0 Å². The topological polar surface area (TPSA) is 64.6 Å². The lowest BCUT2D eigenvalue weighted by molar-refractivity contribution is -0.147. The molecule has 0 heterocycles. The summed E-state index contributed by atoms with van der Waals surface area (Å²) in [5.41, 5.74) is -1.58. The van der Waals surface area contributed by atoms with Gasteiger partial charge >= 0.3 is 12.1 Å². The first-order valence-corrected chi connectivity index (χ1v) is 6.06. The Bertz CT molecular complexity index is 358. The number of carbonyl (C=O) groups is 2. The highest BCUT2D eigenvalue weighted by Gasteiger charge is 2.61. The lowest BCUT2D eigenvalue weighted by Gasteiger charge is -2.23. The molecule has 0 aromatic rings. The van der Waals surface area contributed by atoms with E-state index in [-0.39, 0.29) is 12.5 Å². The second-order valence-corrected chi connectivity index (χ2v) is 5.37. The van der Waals surface area contributed by atoms with E-state index in [0.717, 1.165) is 0 Å². The highest BCUT2D eigenvalue weighted by Crippen LogP contribution is 2.45. The number of rotatable bonds is 4. The molecule has 1 rings (SSSR count). The van der Waals surface area contributed by atoms with E-state index in [2.05, 4.69) is 11.9 Å². The molecule has 1 amide bonds. The minimum atomic E-state index is -0.986. The largest absolute Gasteiger partial charge is 0.464 e. The Balaban J connectivity index is 2.68. The Morgan fingerprint density at radius 2 is 2.11 bits per heavy atom. The molecule has 2 atom stereocenters. The first-order valence-electron chi connectivity index (χ1n) is 6.06. The van der Waals surface area contributed by atoms with Gasteiger partial charge < -0.3 is 14.8 Å². The zero-order chi connectivity index (χ0) is 14.0. The van der Waals surface area contributed by atoms with Crippen molar-refractivity contribution < 1.29 is 19.1 Å². The number of esters is 1. The Kier molecular flexibility index (Phi) is 4.04. The molecule has 1 unspecified atom stereocenters. The van der Waals surface area contributed by atoms with Crippen molar-refractivity contribution in [3.8, 4) is 0 Å². The van der Waals surface area contributed by atoms with E-state index in [1.54, 1.807) is 33.8 Å². The highest BCUT2D eigenvalue weighted by atomic mass is 16.6. The monoisotopic (exact) mass is 255 g/mol. The third-order valence-electron chi connectivity index (χ3n) is 2.66. The second kappa shape index (κ2) is 5.00. The molecular weight excluding hydrogens is 234 g/mol. The fourth-order valence-corrected chi connectivity index (χ4v) is 1.75. The van der Waals surface area contributed by atoms with Crippen LogP contribution < -0.4 is 5.32 Å². The highest BCUT2D eigenvalue weighted by molar-refractivity contribution is 5.90. The molecule has 0 aromatic heterocycles. The quantitative estimate of drug-likeness (QED) is 0.616. The number of hydrogen-bond acceptors (Lipinski definition) is 4. The van der Waals surface area contributed by atoms with Gasteiger partial charge in [-0.2, -0.15) is 0 Å². The molecule has 18 heavy (non-hydrogen) atoms.